The van der Waals surface area contributed by atoms with Crippen molar-refractivity contribution >= 4 is 21.6 Å². The first-order valence-corrected chi connectivity index (χ1v) is 11.3. The second-order valence-corrected chi connectivity index (χ2v) is 9.37. The number of methoxy groups -OCH3 is 2. The number of nitrogens with zero attached hydrogens (tertiary/aromatic N) is 2. The maximum absolute atomic E-state index is 13.2. The van der Waals surface area contributed by atoms with E-state index >= 15 is 0 Å². The van der Waals surface area contributed by atoms with Gasteiger partial charge < -0.3 is 14.4 Å². The average Bonchev–Trinajstić information content (AvgIpc) is 2.78. The molecule has 1 amide bonds. The fraction of sp³-hybridized carbons (Fsp3) is 0.409. The number of anilines is 1. The van der Waals surface area contributed by atoms with Gasteiger partial charge in [0.15, 0.2) is 0 Å². The number of carbonyl (C=O) groups is 1. The lowest BCUT2D eigenvalue weighted by molar-refractivity contribution is -0.123. The monoisotopic (exact) mass is 432 g/mol. The lowest BCUT2D eigenvalue weighted by Gasteiger charge is -2.33. The second-order valence-electron chi connectivity index (χ2n) is 7.43. The molecule has 8 heteroatoms. The Hall–Kier alpha value is -2.58. The molecule has 0 saturated carbocycles. The molecule has 0 N–H and O–H groups in total. The molecule has 7 nitrogen and oxygen atoms in total. The molecule has 2 aromatic carbocycles. The van der Waals surface area contributed by atoms with Crippen molar-refractivity contribution in [2.45, 2.75) is 24.7 Å². The molecule has 0 radical (unpaired) electrons. The molecule has 1 aliphatic rings. The van der Waals surface area contributed by atoms with Crippen molar-refractivity contribution in [3.05, 3.63) is 48.0 Å². The molecule has 0 aromatic heterocycles. The first-order valence-electron chi connectivity index (χ1n) is 9.84. The summed E-state index contributed by atoms with van der Waals surface area (Å²) in [6, 6.07) is 12.1. The van der Waals surface area contributed by atoms with E-state index in [-0.39, 0.29) is 17.3 Å². The Bertz CT molecular complexity index is 1020. The highest BCUT2D eigenvalue weighted by molar-refractivity contribution is 7.89. The van der Waals surface area contributed by atoms with Crippen LogP contribution in [-0.2, 0) is 14.8 Å². The molecule has 1 saturated heterocycles. The van der Waals surface area contributed by atoms with Gasteiger partial charge in [0, 0.05) is 31.9 Å². The van der Waals surface area contributed by atoms with E-state index in [1.54, 1.807) is 50.4 Å². The van der Waals surface area contributed by atoms with Crippen molar-refractivity contribution in [1.29, 1.82) is 0 Å². The number of benzene rings is 2. The zero-order valence-corrected chi connectivity index (χ0v) is 18.6. The van der Waals surface area contributed by atoms with Crippen LogP contribution in [0.25, 0.3) is 0 Å². The molecule has 0 aliphatic carbocycles. The summed E-state index contributed by atoms with van der Waals surface area (Å²) in [4.78, 5) is 14.9. The van der Waals surface area contributed by atoms with E-state index in [0.717, 1.165) is 5.56 Å². The Morgan fingerprint density at radius 1 is 1.13 bits per heavy atom. The topological polar surface area (TPSA) is 76.2 Å². The molecule has 1 atom stereocenters. The lowest BCUT2D eigenvalue weighted by Crippen LogP contribution is -2.46. The van der Waals surface area contributed by atoms with E-state index in [1.807, 2.05) is 25.1 Å². The summed E-state index contributed by atoms with van der Waals surface area (Å²) in [5.41, 5.74) is 1.46. The Balaban J connectivity index is 1.78. The molecule has 3 rings (SSSR count). The number of amides is 1. The largest absolute Gasteiger partial charge is 0.497 e. The Morgan fingerprint density at radius 2 is 1.90 bits per heavy atom. The standard InChI is InChI=1S/C22H28N2O5S/c1-16-13-20(10-11-21(16)29-4)30(26,27)24-12-6-7-17(15-24)22(25)23(2)18-8-5-9-19(14-18)28-3/h5,8-11,13-14,17H,6-7,12,15H2,1-4H3/t17-/m1/s1. The van der Waals surface area contributed by atoms with E-state index in [2.05, 4.69) is 0 Å². The molecule has 0 unspecified atom stereocenters. The summed E-state index contributed by atoms with van der Waals surface area (Å²) in [5.74, 6) is 0.800. The molecule has 1 fully saturated rings. The summed E-state index contributed by atoms with van der Waals surface area (Å²) < 4.78 is 38.2. The van der Waals surface area contributed by atoms with Gasteiger partial charge in [0.25, 0.3) is 0 Å². The van der Waals surface area contributed by atoms with Crippen LogP contribution >= 0.6 is 0 Å². The van der Waals surface area contributed by atoms with Gasteiger partial charge in [0.2, 0.25) is 15.9 Å². The highest BCUT2D eigenvalue weighted by Gasteiger charge is 2.35. The van der Waals surface area contributed by atoms with Gasteiger partial charge in [-0.25, -0.2) is 8.42 Å². The minimum atomic E-state index is -3.69. The number of rotatable bonds is 6. The Morgan fingerprint density at radius 3 is 2.57 bits per heavy atom. The third-order valence-corrected chi connectivity index (χ3v) is 7.37. The smallest absolute Gasteiger partial charge is 0.243 e. The van der Waals surface area contributed by atoms with Crippen LogP contribution in [0.2, 0.25) is 0 Å². The van der Waals surface area contributed by atoms with Gasteiger partial charge in [-0.3, -0.25) is 4.79 Å². The van der Waals surface area contributed by atoms with Crippen molar-refractivity contribution in [2.75, 3.05) is 39.3 Å². The minimum Gasteiger partial charge on any atom is -0.497 e. The lowest BCUT2D eigenvalue weighted by atomic mass is 9.98. The molecule has 1 aliphatic heterocycles. The van der Waals surface area contributed by atoms with Crippen LogP contribution < -0.4 is 14.4 Å². The van der Waals surface area contributed by atoms with E-state index in [0.29, 0.717) is 36.6 Å². The van der Waals surface area contributed by atoms with Gasteiger partial charge in [-0.1, -0.05) is 6.07 Å². The first kappa shape index (κ1) is 22.1. The molecule has 30 heavy (non-hydrogen) atoms. The van der Waals surface area contributed by atoms with Gasteiger partial charge in [-0.2, -0.15) is 4.31 Å². The zero-order valence-electron chi connectivity index (χ0n) is 17.8. The Labute approximate surface area is 178 Å². The summed E-state index contributed by atoms with van der Waals surface area (Å²) >= 11 is 0. The highest BCUT2D eigenvalue weighted by atomic mass is 32.2. The zero-order chi connectivity index (χ0) is 21.9. The van der Waals surface area contributed by atoms with Crippen LogP contribution in [0, 0.1) is 12.8 Å². The number of piperidine rings is 1. The molecular weight excluding hydrogens is 404 g/mol. The first-order chi connectivity index (χ1) is 14.3. The fourth-order valence-corrected chi connectivity index (χ4v) is 5.35. The summed E-state index contributed by atoms with van der Waals surface area (Å²) in [6.45, 7) is 2.38. The SMILES string of the molecule is COc1cccc(N(C)C(=O)[C@@H]2CCCN(S(=O)(=O)c3ccc(OC)c(C)c3)C2)c1. The van der Waals surface area contributed by atoms with Crippen molar-refractivity contribution in [3.63, 3.8) is 0 Å². The van der Waals surface area contributed by atoms with Crippen LogP contribution in [0.5, 0.6) is 11.5 Å². The maximum Gasteiger partial charge on any atom is 0.243 e. The van der Waals surface area contributed by atoms with Gasteiger partial charge in [-0.05, 0) is 55.7 Å². The number of carbonyl (C=O) groups excluding carboxylic acids is 1. The van der Waals surface area contributed by atoms with Gasteiger partial charge in [-0.15, -0.1) is 0 Å². The van der Waals surface area contributed by atoms with Crippen molar-refractivity contribution < 1.29 is 22.7 Å². The predicted molar refractivity (Wildman–Crippen MR) is 116 cm³/mol. The van der Waals surface area contributed by atoms with Crippen LogP contribution in [0.1, 0.15) is 18.4 Å². The normalized spacial score (nSPS) is 17.4. The van der Waals surface area contributed by atoms with Crippen LogP contribution in [-0.4, -0.2) is 53.0 Å². The van der Waals surface area contributed by atoms with Crippen LogP contribution in [0.3, 0.4) is 0 Å². The number of aryl methyl sites for hydroxylation is 1. The molecule has 1 heterocycles. The maximum atomic E-state index is 13.2. The average molecular weight is 433 g/mol. The van der Waals surface area contributed by atoms with Gasteiger partial charge in [0.05, 0.1) is 25.0 Å². The van der Waals surface area contributed by atoms with E-state index in [1.165, 1.54) is 4.31 Å². The van der Waals surface area contributed by atoms with Crippen LogP contribution in [0.4, 0.5) is 5.69 Å². The summed E-state index contributed by atoms with van der Waals surface area (Å²) in [6.07, 6.45) is 1.29. The number of ether oxygens (including phenoxy) is 2. The number of hydrogen-bond acceptors (Lipinski definition) is 5. The highest BCUT2D eigenvalue weighted by Crippen LogP contribution is 2.29. The van der Waals surface area contributed by atoms with Crippen molar-refractivity contribution in [1.82, 2.24) is 4.31 Å². The van der Waals surface area contributed by atoms with Gasteiger partial charge >= 0.3 is 0 Å². The predicted octanol–water partition coefficient (Wildman–Crippen LogP) is 3.08. The summed E-state index contributed by atoms with van der Waals surface area (Å²) in [5, 5.41) is 0. The van der Waals surface area contributed by atoms with Crippen LogP contribution in [0.15, 0.2) is 47.4 Å². The number of hydrogen-bond donors (Lipinski definition) is 0. The quantitative estimate of drug-likeness (QED) is 0.701. The van der Waals surface area contributed by atoms with E-state index < -0.39 is 15.9 Å². The molecule has 0 bridgehead atoms. The third-order valence-electron chi connectivity index (χ3n) is 5.51. The number of sulfonamides is 1. The Kier molecular flexibility index (Phi) is 6.67. The minimum absolute atomic E-state index is 0.103. The summed E-state index contributed by atoms with van der Waals surface area (Å²) in [7, 11) is 1.14. The van der Waals surface area contributed by atoms with Crippen molar-refractivity contribution in [2.24, 2.45) is 5.92 Å². The van der Waals surface area contributed by atoms with Gasteiger partial charge in [0.1, 0.15) is 11.5 Å². The molecular formula is C22H28N2O5S. The molecule has 0 spiro atoms. The third kappa shape index (κ3) is 4.44. The molecule has 2 aromatic rings. The van der Waals surface area contributed by atoms with Crippen molar-refractivity contribution in [3.8, 4) is 11.5 Å². The second kappa shape index (κ2) is 9.06. The van der Waals surface area contributed by atoms with E-state index in [4.69, 9.17) is 9.47 Å². The molecule has 162 valence electrons. The van der Waals surface area contributed by atoms with E-state index in [9.17, 15) is 13.2 Å². The fourth-order valence-electron chi connectivity index (χ4n) is 3.74.